The highest BCUT2D eigenvalue weighted by Crippen LogP contribution is 1.98. The molecule has 2 N–H and O–H groups in total. The van der Waals surface area contributed by atoms with Crippen LogP contribution in [0.5, 0.6) is 0 Å². The molecule has 0 rings (SSSR count). The van der Waals surface area contributed by atoms with Crippen molar-refractivity contribution in [2.45, 2.75) is 12.5 Å². The van der Waals surface area contributed by atoms with Gasteiger partial charge in [-0.1, -0.05) is 0 Å². The molecule has 0 fully saturated rings. The van der Waals surface area contributed by atoms with Crippen LogP contribution in [0.25, 0.3) is 0 Å². The summed E-state index contributed by atoms with van der Waals surface area (Å²) in [5.74, 6) is -1.40. The predicted octanol–water partition coefficient (Wildman–Crippen LogP) is -0.472. The average molecular weight is 165 g/mol. The third-order valence-corrected chi connectivity index (χ3v) is 0.783. The maximum atomic E-state index is 10.3. The van der Waals surface area contributed by atoms with Crippen molar-refractivity contribution in [1.82, 2.24) is 0 Å². The maximum absolute atomic E-state index is 10.3. The summed E-state index contributed by atoms with van der Waals surface area (Å²) >= 11 is 0. The number of aliphatic hydroxyl groups is 1. The Balaban J connectivity index is 4.97. The minimum absolute atomic E-state index is 0.347. The molecule has 0 aromatic carbocycles. The van der Waals surface area contributed by atoms with E-state index in [1.165, 1.54) is 21.1 Å². The van der Waals surface area contributed by atoms with E-state index in [4.69, 9.17) is 9.22 Å². The highest BCUT2D eigenvalue weighted by atomic mass is 16.4. The van der Waals surface area contributed by atoms with E-state index >= 15 is 0 Å². The van der Waals surface area contributed by atoms with Gasteiger partial charge >= 0.3 is 5.97 Å². The Morgan fingerprint density at radius 3 is 2.45 bits per heavy atom. The van der Waals surface area contributed by atoms with Gasteiger partial charge in [0.2, 0.25) is 0 Å². The number of rotatable bonds is 4. The molecule has 4 nitrogen and oxygen atoms in total. The van der Waals surface area contributed by atoms with Gasteiger partial charge in [-0.25, -0.2) is 0 Å². The lowest BCUT2D eigenvalue weighted by atomic mass is 10.2. The molecule has 0 unspecified atom stereocenters. The van der Waals surface area contributed by atoms with E-state index in [1.54, 1.807) is 0 Å². The largest absolute Gasteiger partial charge is 0.481 e. The zero-order valence-corrected chi connectivity index (χ0v) is 6.96. The minimum Gasteiger partial charge on any atom is -0.481 e. The molecule has 66 valence electrons. The van der Waals surface area contributed by atoms with Crippen molar-refractivity contribution in [1.29, 1.82) is 0 Å². The summed E-state index contributed by atoms with van der Waals surface area (Å²) in [5.41, 5.74) is 0. The van der Waals surface area contributed by atoms with Crippen LogP contribution in [0.2, 0.25) is 0 Å². The van der Waals surface area contributed by atoms with Gasteiger partial charge in [0.1, 0.15) is 12.6 Å². The van der Waals surface area contributed by atoms with Gasteiger partial charge in [0.15, 0.2) is 0 Å². The van der Waals surface area contributed by atoms with Crippen LogP contribution in [0.1, 0.15) is 10.5 Å². The van der Waals surface area contributed by atoms with E-state index in [1.807, 2.05) is 0 Å². The summed E-state index contributed by atoms with van der Waals surface area (Å²) in [6.07, 6.45) is -3.59. The summed E-state index contributed by atoms with van der Waals surface area (Å²) in [5, 5.41) is 17.9. The number of carboxylic acid groups (broad SMARTS) is 1. The van der Waals surface area contributed by atoms with Gasteiger partial charge in [-0.3, -0.25) is 4.79 Å². The Labute approximate surface area is 70.9 Å². The Morgan fingerprint density at radius 1 is 1.73 bits per heavy atom. The van der Waals surface area contributed by atoms with Crippen LogP contribution in [0.4, 0.5) is 0 Å². The molecule has 0 amide bonds. The molecule has 0 heterocycles. The number of carbonyl (C=O) groups is 1. The minimum atomic E-state index is -2.64. The molecule has 0 radical (unpaired) electrons. The summed E-state index contributed by atoms with van der Waals surface area (Å²) in [6.45, 7) is -2.36. The first-order valence-electron chi connectivity index (χ1n) is 4.67. The Kier molecular flexibility index (Phi) is 2.00. The topological polar surface area (TPSA) is 57.5 Å². The fraction of sp³-hybridized carbons (Fsp3) is 0.857. The third-order valence-electron chi connectivity index (χ3n) is 0.783. The fourth-order valence-corrected chi connectivity index (χ4v) is 0.570. The smallest absolute Gasteiger partial charge is 0.306 e. The molecule has 0 aliphatic heterocycles. The standard InChI is InChI=1S/C7H15NO3/c1-8(2,3)5-6(9)4-7(10)11/h6,9H,4-5H2,1-3H3/p+1/t6-/m1/s1/i5D2,6D. The lowest BCUT2D eigenvalue weighted by molar-refractivity contribution is -0.873. The molecular weight excluding hydrogens is 146 g/mol. The number of aliphatic carboxylic acids is 1. The van der Waals surface area contributed by atoms with E-state index < -0.39 is 25.0 Å². The zero-order chi connectivity index (χ0) is 11.8. The second kappa shape index (κ2) is 3.69. The lowest BCUT2D eigenvalue weighted by Crippen LogP contribution is -2.42. The van der Waals surface area contributed by atoms with Crippen molar-refractivity contribution in [2.24, 2.45) is 0 Å². The Bertz CT molecular complexity index is 235. The van der Waals surface area contributed by atoms with Crippen LogP contribution in [0.15, 0.2) is 0 Å². The second-order valence-corrected chi connectivity index (χ2v) is 3.14. The monoisotopic (exact) mass is 165 g/mol. The number of quaternary nitrogens is 1. The van der Waals surface area contributed by atoms with Gasteiger partial charge < -0.3 is 14.7 Å². The molecule has 0 bridgehead atoms. The molecule has 0 aliphatic carbocycles. The van der Waals surface area contributed by atoms with E-state index in [0.717, 1.165) is 0 Å². The number of nitrogens with zero attached hydrogens (tertiary/aromatic N) is 1. The van der Waals surface area contributed by atoms with E-state index in [0.29, 0.717) is 0 Å². The highest BCUT2D eigenvalue weighted by Gasteiger charge is 2.17. The van der Waals surface area contributed by atoms with Crippen LogP contribution in [0.3, 0.4) is 0 Å². The van der Waals surface area contributed by atoms with E-state index in [9.17, 15) is 9.90 Å². The Hall–Kier alpha value is -0.610. The number of hydrogen-bond acceptors (Lipinski definition) is 2. The summed E-state index contributed by atoms with van der Waals surface area (Å²) in [7, 11) is 4.34. The zero-order valence-electron chi connectivity index (χ0n) is 9.96. The number of hydrogen-bond donors (Lipinski definition) is 2. The van der Waals surface area contributed by atoms with Crippen molar-refractivity contribution >= 4 is 5.97 Å². The molecule has 0 aromatic rings. The van der Waals surface area contributed by atoms with Crippen LogP contribution < -0.4 is 0 Å². The van der Waals surface area contributed by atoms with Crippen LogP contribution in [0, 0.1) is 0 Å². The molecule has 0 aromatic heterocycles. The molecule has 0 aliphatic rings. The Morgan fingerprint density at radius 2 is 2.18 bits per heavy atom. The van der Waals surface area contributed by atoms with E-state index in [2.05, 4.69) is 0 Å². The second-order valence-electron chi connectivity index (χ2n) is 3.14. The van der Waals surface area contributed by atoms with Gasteiger partial charge in [-0.2, -0.15) is 0 Å². The van der Waals surface area contributed by atoms with Gasteiger partial charge in [0.25, 0.3) is 0 Å². The predicted molar refractivity (Wildman–Crippen MR) is 41.2 cm³/mol. The summed E-state index contributed by atoms with van der Waals surface area (Å²) < 4.78 is 22.0. The molecule has 4 heteroatoms. The highest BCUT2D eigenvalue weighted by molar-refractivity contribution is 5.67. The molecule has 11 heavy (non-hydrogen) atoms. The maximum Gasteiger partial charge on any atom is 0.306 e. The lowest BCUT2D eigenvalue weighted by Gasteiger charge is -2.25. The van der Waals surface area contributed by atoms with Gasteiger partial charge in [0, 0.05) is 0 Å². The van der Waals surface area contributed by atoms with Crippen LogP contribution in [-0.4, -0.2) is 54.4 Å². The van der Waals surface area contributed by atoms with Crippen LogP contribution in [-0.2, 0) is 4.79 Å². The first-order valence-corrected chi connectivity index (χ1v) is 3.17. The average Bonchev–Trinajstić information content (AvgIpc) is 1.80. The van der Waals surface area contributed by atoms with Crippen molar-refractivity contribution in [3.63, 3.8) is 0 Å². The summed E-state index contributed by atoms with van der Waals surface area (Å²) in [4.78, 5) is 10.3. The molecule has 1 atom stereocenters. The molecule has 0 saturated heterocycles. The SMILES string of the molecule is [2H]C([2H])([C@]([2H])(O)CC(=O)O)[N+](C)(C)C. The van der Waals surface area contributed by atoms with Crippen molar-refractivity contribution in [3.05, 3.63) is 0 Å². The molecule has 0 saturated carbocycles. The van der Waals surface area contributed by atoms with Crippen molar-refractivity contribution < 1.29 is 23.6 Å². The summed E-state index contributed by atoms with van der Waals surface area (Å²) in [6, 6.07) is 0. The first kappa shape index (κ1) is 5.97. The van der Waals surface area contributed by atoms with Gasteiger partial charge in [-0.15, -0.1) is 0 Å². The number of likely N-dealkylation sites (N-methyl/N-ethyl adjacent to an activating group) is 1. The van der Waals surface area contributed by atoms with Crippen molar-refractivity contribution in [2.75, 3.05) is 27.6 Å². The van der Waals surface area contributed by atoms with Gasteiger partial charge in [0.05, 0.1) is 31.7 Å². The first-order chi connectivity index (χ1) is 5.92. The normalized spacial score (nSPS) is 22.7. The van der Waals surface area contributed by atoms with Crippen molar-refractivity contribution in [3.8, 4) is 0 Å². The van der Waals surface area contributed by atoms with Gasteiger partial charge in [-0.05, 0) is 0 Å². The number of carboxylic acids is 1. The molecular formula is C7H16NO3+. The fourth-order valence-electron chi connectivity index (χ4n) is 0.570. The third kappa shape index (κ3) is 7.29. The van der Waals surface area contributed by atoms with Crippen LogP contribution >= 0.6 is 0 Å². The molecule has 0 spiro atoms. The van der Waals surface area contributed by atoms with E-state index in [-0.39, 0.29) is 4.48 Å². The quantitative estimate of drug-likeness (QED) is 0.554.